The van der Waals surface area contributed by atoms with Gasteiger partial charge in [0.05, 0.1) is 12.8 Å². The predicted octanol–water partition coefficient (Wildman–Crippen LogP) is 4.14. The molecular formula is C16H20N2O. The summed E-state index contributed by atoms with van der Waals surface area (Å²) >= 11 is 0. The van der Waals surface area contributed by atoms with E-state index in [2.05, 4.69) is 37.4 Å². The van der Waals surface area contributed by atoms with Gasteiger partial charge in [0.1, 0.15) is 5.75 Å². The summed E-state index contributed by atoms with van der Waals surface area (Å²) in [6, 6.07) is 14.0. The highest BCUT2D eigenvalue weighted by atomic mass is 16.5. The molecule has 0 amide bonds. The van der Waals surface area contributed by atoms with Gasteiger partial charge in [-0.05, 0) is 29.7 Å². The van der Waals surface area contributed by atoms with Crippen molar-refractivity contribution in [1.82, 2.24) is 0 Å². The van der Waals surface area contributed by atoms with E-state index in [0.717, 1.165) is 11.4 Å². The molecule has 0 unspecified atom stereocenters. The molecule has 0 aliphatic heterocycles. The minimum absolute atomic E-state index is 0.472. The van der Waals surface area contributed by atoms with Crippen molar-refractivity contribution in [1.29, 1.82) is 0 Å². The summed E-state index contributed by atoms with van der Waals surface area (Å²) < 4.78 is 5.24. The third kappa shape index (κ3) is 2.99. The number of nitrogens with two attached hydrogens (primary N) is 1. The van der Waals surface area contributed by atoms with Crippen molar-refractivity contribution in [2.24, 2.45) is 0 Å². The Balaban J connectivity index is 2.31. The lowest BCUT2D eigenvalue weighted by atomic mass is 10.0. The number of rotatable bonds is 4. The average molecular weight is 256 g/mol. The van der Waals surface area contributed by atoms with Crippen molar-refractivity contribution >= 4 is 17.1 Å². The van der Waals surface area contributed by atoms with Crippen molar-refractivity contribution in [3.05, 3.63) is 48.0 Å². The normalized spacial score (nSPS) is 10.5. The van der Waals surface area contributed by atoms with Crippen LogP contribution in [0, 0.1) is 0 Å². The third-order valence-corrected chi connectivity index (χ3v) is 3.10. The molecule has 0 aliphatic carbocycles. The van der Waals surface area contributed by atoms with Gasteiger partial charge >= 0.3 is 0 Å². The number of nitrogens with one attached hydrogen (secondary N) is 1. The Morgan fingerprint density at radius 2 is 1.84 bits per heavy atom. The highest BCUT2D eigenvalue weighted by molar-refractivity contribution is 5.68. The van der Waals surface area contributed by atoms with E-state index in [0.29, 0.717) is 17.4 Å². The molecule has 0 aliphatic rings. The second kappa shape index (κ2) is 5.65. The monoisotopic (exact) mass is 256 g/mol. The molecule has 2 aromatic rings. The smallest absolute Gasteiger partial charge is 0.143 e. The van der Waals surface area contributed by atoms with Crippen LogP contribution in [0.3, 0.4) is 0 Å². The quantitative estimate of drug-likeness (QED) is 0.808. The largest absolute Gasteiger partial charge is 0.495 e. The van der Waals surface area contributed by atoms with Crippen molar-refractivity contribution < 1.29 is 4.74 Å². The zero-order valence-electron chi connectivity index (χ0n) is 11.6. The van der Waals surface area contributed by atoms with E-state index in [-0.39, 0.29) is 0 Å². The molecule has 0 fully saturated rings. The number of hydrogen-bond donors (Lipinski definition) is 2. The van der Waals surface area contributed by atoms with Gasteiger partial charge in [-0.25, -0.2) is 0 Å². The lowest BCUT2D eigenvalue weighted by molar-refractivity contribution is 0.417. The van der Waals surface area contributed by atoms with Gasteiger partial charge in [0, 0.05) is 17.4 Å². The first-order valence-electron chi connectivity index (χ1n) is 6.41. The number of nitrogen functional groups attached to an aromatic ring is 1. The standard InChI is InChI=1S/C16H20N2O/c1-11(2)13-6-4-5-7-15(13)18-12-8-9-14(17)16(10-12)19-3/h4-11,18H,17H2,1-3H3. The molecule has 2 rings (SSSR count). The predicted molar refractivity (Wildman–Crippen MR) is 81.2 cm³/mol. The van der Waals surface area contributed by atoms with Crippen molar-refractivity contribution in [2.75, 3.05) is 18.2 Å². The van der Waals surface area contributed by atoms with Crippen LogP contribution in [0.4, 0.5) is 17.1 Å². The van der Waals surface area contributed by atoms with E-state index in [1.54, 1.807) is 7.11 Å². The SMILES string of the molecule is COc1cc(Nc2ccccc2C(C)C)ccc1N. The van der Waals surface area contributed by atoms with E-state index in [9.17, 15) is 0 Å². The number of ether oxygens (including phenoxy) is 1. The summed E-state index contributed by atoms with van der Waals surface area (Å²) in [6.45, 7) is 4.37. The molecule has 19 heavy (non-hydrogen) atoms. The highest BCUT2D eigenvalue weighted by Crippen LogP contribution is 2.30. The van der Waals surface area contributed by atoms with Crippen LogP contribution in [0.2, 0.25) is 0 Å². The van der Waals surface area contributed by atoms with Crippen LogP contribution in [0.5, 0.6) is 5.75 Å². The number of para-hydroxylation sites is 1. The molecule has 0 bridgehead atoms. The van der Waals surface area contributed by atoms with Crippen LogP contribution in [0.25, 0.3) is 0 Å². The Kier molecular flexibility index (Phi) is 3.95. The zero-order valence-corrected chi connectivity index (χ0v) is 11.6. The molecular weight excluding hydrogens is 236 g/mol. The van der Waals surface area contributed by atoms with Gasteiger partial charge in [-0.2, -0.15) is 0 Å². The van der Waals surface area contributed by atoms with E-state index in [1.165, 1.54) is 5.56 Å². The molecule has 0 saturated heterocycles. The van der Waals surface area contributed by atoms with E-state index in [4.69, 9.17) is 10.5 Å². The summed E-state index contributed by atoms with van der Waals surface area (Å²) in [5.74, 6) is 1.16. The Morgan fingerprint density at radius 1 is 1.11 bits per heavy atom. The van der Waals surface area contributed by atoms with Crippen LogP contribution < -0.4 is 15.8 Å². The second-order valence-corrected chi connectivity index (χ2v) is 4.82. The first kappa shape index (κ1) is 13.3. The third-order valence-electron chi connectivity index (χ3n) is 3.10. The summed E-state index contributed by atoms with van der Waals surface area (Å²) in [4.78, 5) is 0. The zero-order chi connectivity index (χ0) is 13.8. The molecule has 0 radical (unpaired) electrons. The van der Waals surface area contributed by atoms with E-state index in [1.807, 2.05) is 24.3 Å². The van der Waals surface area contributed by atoms with Gasteiger partial charge in [0.15, 0.2) is 0 Å². The molecule has 100 valence electrons. The lowest BCUT2D eigenvalue weighted by Crippen LogP contribution is -1.99. The number of benzene rings is 2. The van der Waals surface area contributed by atoms with Crippen LogP contribution in [0.15, 0.2) is 42.5 Å². The Morgan fingerprint density at radius 3 is 2.53 bits per heavy atom. The second-order valence-electron chi connectivity index (χ2n) is 4.82. The van der Waals surface area contributed by atoms with Gasteiger partial charge in [0.2, 0.25) is 0 Å². The van der Waals surface area contributed by atoms with Crippen molar-refractivity contribution in [3.63, 3.8) is 0 Å². The molecule has 0 heterocycles. The minimum atomic E-state index is 0.472. The maximum absolute atomic E-state index is 5.82. The van der Waals surface area contributed by atoms with E-state index < -0.39 is 0 Å². The molecule has 0 atom stereocenters. The minimum Gasteiger partial charge on any atom is -0.495 e. The molecule has 2 aromatic carbocycles. The fourth-order valence-corrected chi connectivity index (χ4v) is 2.06. The van der Waals surface area contributed by atoms with Gasteiger partial charge in [0.25, 0.3) is 0 Å². The summed E-state index contributed by atoms with van der Waals surface area (Å²) in [6.07, 6.45) is 0. The first-order chi connectivity index (χ1) is 9.11. The van der Waals surface area contributed by atoms with Crippen LogP contribution in [0.1, 0.15) is 25.3 Å². The Hall–Kier alpha value is -2.16. The maximum atomic E-state index is 5.82. The van der Waals surface area contributed by atoms with E-state index >= 15 is 0 Å². The molecule has 3 N–H and O–H groups in total. The van der Waals surface area contributed by atoms with Crippen LogP contribution >= 0.6 is 0 Å². The number of anilines is 3. The fourth-order valence-electron chi connectivity index (χ4n) is 2.06. The Labute approximate surface area is 114 Å². The maximum Gasteiger partial charge on any atom is 0.143 e. The number of methoxy groups -OCH3 is 1. The van der Waals surface area contributed by atoms with Gasteiger partial charge < -0.3 is 15.8 Å². The Bertz CT molecular complexity index is 564. The molecule has 3 heteroatoms. The summed E-state index contributed by atoms with van der Waals surface area (Å²) in [7, 11) is 1.62. The fraction of sp³-hybridized carbons (Fsp3) is 0.250. The average Bonchev–Trinajstić information content (AvgIpc) is 2.41. The summed E-state index contributed by atoms with van der Waals surface area (Å²) in [5.41, 5.74) is 9.84. The van der Waals surface area contributed by atoms with Crippen LogP contribution in [-0.4, -0.2) is 7.11 Å². The molecule has 3 nitrogen and oxygen atoms in total. The summed E-state index contributed by atoms with van der Waals surface area (Å²) in [5, 5.41) is 3.42. The molecule has 0 aromatic heterocycles. The van der Waals surface area contributed by atoms with Crippen molar-refractivity contribution in [2.45, 2.75) is 19.8 Å². The molecule has 0 saturated carbocycles. The van der Waals surface area contributed by atoms with Gasteiger partial charge in [-0.15, -0.1) is 0 Å². The number of hydrogen-bond acceptors (Lipinski definition) is 3. The lowest BCUT2D eigenvalue weighted by Gasteiger charge is -2.15. The van der Waals surface area contributed by atoms with Crippen molar-refractivity contribution in [3.8, 4) is 5.75 Å². The topological polar surface area (TPSA) is 47.3 Å². The molecule has 0 spiro atoms. The first-order valence-corrected chi connectivity index (χ1v) is 6.41. The highest BCUT2D eigenvalue weighted by Gasteiger charge is 2.07. The van der Waals surface area contributed by atoms with Gasteiger partial charge in [-0.1, -0.05) is 32.0 Å². The van der Waals surface area contributed by atoms with Gasteiger partial charge in [-0.3, -0.25) is 0 Å². The van der Waals surface area contributed by atoms with Crippen LogP contribution in [-0.2, 0) is 0 Å².